The minimum Gasteiger partial charge on any atom is -0.496 e. The fourth-order valence-electron chi connectivity index (χ4n) is 4.01. The van der Waals surface area contributed by atoms with Gasteiger partial charge in [-0.05, 0) is 52.7 Å². The second-order valence-corrected chi connectivity index (χ2v) is 10.7. The van der Waals surface area contributed by atoms with Gasteiger partial charge in [-0.2, -0.15) is 10.4 Å². The number of carbonyl (C=O) groups excluding carboxylic acids is 1. The van der Waals surface area contributed by atoms with Crippen LogP contribution >= 0.6 is 11.3 Å². The second-order valence-electron chi connectivity index (χ2n) is 9.75. The normalized spacial score (nSPS) is 11.2. The quantitative estimate of drug-likeness (QED) is 0.198. The van der Waals surface area contributed by atoms with Crippen LogP contribution in [-0.2, 0) is 23.3 Å². The molecule has 2 aromatic heterocycles. The molecule has 0 saturated carbocycles. The number of amides is 1. The molecule has 2 heterocycles. The monoisotopic (exact) mass is 583 g/mol. The van der Waals surface area contributed by atoms with E-state index in [0.29, 0.717) is 33.0 Å². The second kappa shape index (κ2) is 14.9. The van der Waals surface area contributed by atoms with Crippen molar-refractivity contribution in [2.45, 2.75) is 65.6 Å². The Morgan fingerprint density at radius 3 is 2.56 bits per heavy atom. The Labute approximate surface area is 242 Å². The largest absolute Gasteiger partial charge is 0.496 e. The van der Waals surface area contributed by atoms with Crippen LogP contribution in [0.4, 0.5) is 5.00 Å². The zero-order valence-electron chi connectivity index (χ0n) is 24.1. The van der Waals surface area contributed by atoms with Gasteiger partial charge in [0, 0.05) is 24.4 Å². The summed E-state index contributed by atoms with van der Waals surface area (Å²) in [6.07, 6.45) is 3.03. The molecule has 0 radical (unpaired) electrons. The fourth-order valence-corrected chi connectivity index (χ4v) is 5.18. The number of aromatic nitrogens is 2. The predicted molar refractivity (Wildman–Crippen MR) is 163 cm³/mol. The SMILES string of the molecule is COc1ccccc1CCn1c(=O)n(C(C)(C)C(=O)NC(C)C)c(=O)c2c(C)c(N/N=C\C=N)sc21.N#CCCO. The summed E-state index contributed by atoms with van der Waals surface area (Å²) in [5, 5.41) is 30.3. The number of para-hydroxylation sites is 1. The van der Waals surface area contributed by atoms with Crippen LogP contribution in [0.5, 0.6) is 5.75 Å². The number of methoxy groups -OCH3 is 1. The van der Waals surface area contributed by atoms with Gasteiger partial charge in [0.15, 0.2) is 0 Å². The van der Waals surface area contributed by atoms with Gasteiger partial charge in [-0.25, -0.2) is 9.36 Å². The average molecular weight is 584 g/mol. The number of hydrazone groups is 1. The number of carbonyl (C=O) groups is 1. The molecule has 220 valence electrons. The molecular formula is C28H37N7O5S. The molecule has 0 saturated heterocycles. The number of anilines is 1. The number of aliphatic hydroxyl groups is 1. The van der Waals surface area contributed by atoms with Gasteiger partial charge in [-0.3, -0.25) is 19.6 Å². The Balaban J connectivity index is 0.00000108. The molecule has 0 aliphatic carbocycles. The van der Waals surface area contributed by atoms with Crippen LogP contribution in [0.3, 0.4) is 0 Å². The zero-order valence-corrected chi connectivity index (χ0v) is 25.0. The molecule has 4 N–H and O–H groups in total. The van der Waals surface area contributed by atoms with Crippen molar-refractivity contribution in [3.63, 3.8) is 0 Å². The van der Waals surface area contributed by atoms with Gasteiger partial charge in [0.2, 0.25) is 5.91 Å². The lowest BCUT2D eigenvalue weighted by Crippen LogP contribution is -2.56. The first-order valence-corrected chi connectivity index (χ1v) is 13.8. The third kappa shape index (κ3) is 7.68. The van der Waals surface area contributed by atoms with E-state index in [1.54, 1.807) is 34.0 Å². The van der Waals surface area contributed by atoms with Gasteiger partial charge < -0.3 is 20.6 Å². The van der Waals surface area contributed by atoms with Crippen LogP contribution in [0.25, 0.3) is 10.2 Å². The number of benzene rings is 1. The maximum Gasteiger partial charge on any atom is 0.333 e. The smallest absolute Gasteiger partial charge is 0.333 e. The molecule has 0 spiro atoms. The number of nitrogens with one attached hydrogen (secondary N) is 3. The minimum atomic E-state index is -1.43. The Morgan fingerprint density at radius 1 is 1.32 bits per heavy atom. The van der Waals surface area contributed by atoms with E-state index in [1.807, 2.05) is 38.1 Å². The molecule has 1 aromatic carbocycles. The van der Waals surface area contributed by atoms with Crippen molar-refractivity contribution in [3.05, 3.63) is 56.2 Å². The Hall–Kier alpha value is -4.28. The molecule has 3 rings (SSSR count). The van der Waals surface area contributed by atoms with Crippen molar-refractivity contribution in [2.24, 2.45) is 5.10 Å². The van der Waals surface area contributed by atoms with Gasteiger partial charge >= 0.3 is 5.69 Å². The van der Waals surface area contributed by atoms with Crippen molar-refractivity contribution in [3.8, 4) is 11.8 Å². The first-order chi connectivity index (χ1) is 19.5. The first kappa shape index (κ1) is 32.9. The van der Waals surface area contributed by atoms with Gasteiger partial charge in [0.25, 0.3) is 5.56 Å². The summed E-state index contributed by atoms with van der Waals surface area (Å²) in [6, 6.07) is 9.16. The lowest BCUT2D eigenvalue weighted by Gasteiger charge is -2.27. The fraction of sp³-hybridized carbons (Fsp3) is 0.429. The zero-order chi connectivity index (χ0) is 30.7. The van der Waals surface area contributed by atoms with Crippen molar-refractivity contribution in [1.29, 1.82) is 10.7 Å². The van der Waals surface area contributed by atoms with E-state index in [-0.39, 0.29) is 25.6 Å². The Morgan fingerprint density at radius 2 is 2.00 bits per heavy atom. The van der Waals surface area contributed by atoms with Crippen LogP contribution in [0, 0.1) is 23.7 Å². The molecule has 0 unspecified atom stereocenters. The minimum absolute atomic E-state index is 0.0174. The number of hydrogen-bond donors (Lipinski definition) is 4. The number of fused-ring (bicyclic) bond motifs is 1. The van der Waals surface area contributed by atoms with Crippen molar-refractivity contribution in [2.75, 3.05) is 19.1 Å². The maximum atomic E-state index is 13.8. The Kier molecular flexibility index (Phi) is 12.0. The molecule has 0 aliphatic heterocycles. The standard InChI is InChI=1S/C25H32N6O4S.C3H5NO/c1-15(2)28-23(33)25(4,5)31-21(32)19-16(3)20(29-27-13-12-26)36-22(19)30(24(31)34)14-11-17-9-7-8-10-18(17)35-6;4-2-1-3-5/h7-10,12-13,15,26,29H,11,14H2,1-6H3,(H,28,33);5H,1,3H2/b26-12?,27-13-;. The number of nitrogens with zero attached hydrogens (tertiary/aromatic N) is 4. The third-order valence-electron chi connectivity index (χ3n) is 6.08. The number of rotatable bonds is 11. The summed E-state index contributed by atoms with van der Waals surface area (Å²) in [5.41, 5.74) is 1.84. The van der Waals surface area contributed by atoms with E-state index in [1.165, 1.54) is 22.1 Å². The number of ether oxygens (including phenoxy) is 1. The number of aryl methyl sites for hydroxylation is 3. The molecule has 0 fully saturated rings. The third-order valence-corrected chi connectivity index (χ3v) is 7.30. The lowest BCUT2D eigenvalue weighted by molar-refractivity contribution is -0.129. The highest BCUT2D eigenvalue weighted by Gasteiger charge is 2.35. The van der Waals surface area contributed by atoms with Crippen LogP contribution in [0.2, 0.25) is 0 Å². The van der Waals surface area contributed by atoms with E-state index < -0.39 is 22.7 Å². The summed E-state index contributed by atoms with van der Waals surface area (Å²) in [4.78, 5) is 41.1. The summed E-state index contributed by atoms with van der Waals surface area (Å²) in [6.45, 7) is 8.79. The first-order valence-electron chi connectivity index (χ1n) is 12.9. The number of aliphatic hydroxyl groups excluding tert-OH is 1. The van der Waals surface area contributed by atoms with E-state index in [0.717, 1.165) is 16.3 Å². The molecule has 0 aliphatic rings. The molecule has 3 aromatic rings. The van der Waals surface area contributed by atoms with Crippen LogP contribution in [-0.4, -0.2) is 52.3 Å². The van der Waals surface area contributed by atoms with Gasteiger partial charge in [-0.1, -0.05) is 29.5 Å². The molecule has 12 nitrogen and oxygen atoms in total. The lowest BCUT2D eigenvalue weighted by atomic mass is 10.0. The maximum absolute atomic E-state index is 13.8. The average Bonchev–Trinajstić information content (AvgIpc) is 3.25. The van der Waals surface area contributed by atoms with Gasteiger partial charge in [0.05, 0.1) is 37.8 Å². The van der Waals surface area contributed by atoms with Gasteiger partial charge in [0.1, 0.15) is 21.1 Å². The summed E-state index contributed by atoms with van der Waals surface area (Å²) in [5.74, 6) is 0.284. The summed E-state index contributed by atoms with van der Waals surface area (Å²) >= 11 is 1.23. The van der Waals surface area contributed by atoms with Crippen LogP contribution in [0.15, 0.2) is 39.0 Å². The van der Waals surface area contributed by atoms with Crippen LogP contribution in [0.1, 0.15) is 45.2 Å². The number of hydrogen-bond acceptors (Lipinski definition) is 10. The van der Waals surface area contributed by atoms with Crippen LogP contribution < -0.4 is 26.7 Å². The number of nitriles is 1. The molecule has 0 atom stereocenters. The highest BCUT2D eigenvalue weighted by atomic mass is 32.1. The molecule has 0 bridgehead atoms. The highest BCUT2D eigenvalue weighted by Crippen LogP contribution is 2.33. The molecule has 1 amide bonds. The van der Waals surface area contributed by atoms with E-state index >= 15 is 0 Å². The topological polar surface area (TPSA) is 175 Å². The van der Waals surface area contributed by atoms with Crippen molar-refractivity contribution in [1.82, 2.24) is 14.5 Å². The van der Waals surface area contributed by atoms with E-state index in [2.05, 4.69) is 15.8 Å². The van der Waals surface area contributed by atoms with E-state index in [9.17, 15) is 14.4 Å². The predicted octanol–water partition coefficient (Wildman–Crippen LogP) is 2.98. The number of thiophene rings is 1. The van der Waals surface area contributed by atoms with E-state index in [4.69, 9.17) is 20.5 Å². The van der Waals surface area contributed by atoms with Crippen molar-refractivity contribution >= 4 is 44.9 Å². The molecular weight excluding hydrogens is 546 g/mol. The summed E-state index contributed by atoms with van der Waals surface area (Å²) in [7, 11) is 1.59. The molecule has 41 heavy (non-hydrogen) atoms. The van der Waals surface area contributed by atoms with Crippen molar-refractivity contribution < 1.29 is 14.6 Å². The molecule has 13 heteroatoms. The summed E-state index contributed by atoms with van der Waals surface area (Å²) < 4.78 is 8.04. The highest BCUT2D eigenvalue weighted by molar-refractivity contribution is 7.22. The Bertz CT molecular complexity index is 1560. The van der Waals surface area contributed by atoms with Gasteiger partial charge in [-0.15, -0.1) is 0 Å².